The number of amides is 1. The Kier molecular flexibility index (Phi) is 7.30. The maximum atomic E-state index is 13.6. The number of aromatic amines is 1. The van der Waals surface area contributed by atoms with Gasteiger partial charge in [0.1, 0.15) is 17.3 Å². The molecular weight excluding hydrogens is 497 g/mol. The fourth-order valence-electron chi connectivity index (χ4n) is 3.89. The molecule has 0 unspecified atom stereocenters. The Balaban J connectivity index is 1.22. The third kappa shape index (κ3) is 6.09. The molecule has 0 saturated carbocycles. The molecular formula is C28H26FN9O. The van der Waals surface area contributed by atoms with Gasteiger partial charge in [0.15, 0.2) is 11.6 Å². The summed E-state index contributed by atoms with van der Waals surface area (Å²) in [7, 11) is 0. The van der Waals surface area contributed by atoms with Crippen LogP contribution >= 0.6 is 0 Å². The summed E-state index contributed by atoms with van der Waals surface area (Å²) in [6, 6.07) is 12.2. The largest absolute Gasteiger partial charge is 0.347 e. The zero-order chi connectivity index (χ0) is 27.4. The molecule has 0 saturated heterocycles. The van der Waals surface area contributed by atoms with Gasteiger partial charge in [-0.05, 0) is 50.1 Å². The first kappa shape index (κ1) is 25.6. The van der Waals surface area contributed by atoms with Crippen LogP contribution in [0.1, 0.15) is 40.1 Å². The van der Waals surface area contributed by atoms with Crippen molar-refractivity contribution in [3.63, 3.8) is 0 Å². The highest BCUT2D eigenvalue weighted by molar-refractivity contribution is 5.92. The minimum Gasteiger partial charge on any atom is -0.347 e. The van der Waals surface area contributed by atoms with Crippen LogP contribution in [0, 0.1) is 19.7 Å². The number of rotatable bonds is 8. The van der Waals surface area contributed by atoms with Crippen molar-refractivity contribution in [1.29, 1.82) is 0 Å². The zero-order valence-corrected chi connectivity index (χ0v) is 21.7. The molecule has 0 aliphatic carbocycles. The van der Waals surface area contributed by atoms with Gasteiger partial charge >= 0.3 is 0 Å². The van der Waals surface area contributed by atoms with Gasteiger partial charge in [0, 0.05) is 59.3 Å². The molecule has 5 rings (SSSR count). The van der Waals surface area contributed by atoms with E-state index in [-0.39, 0.29) is 18.1 Å². The monoisotopic (exact) mass is 523 g/mol. The summed E-state index contributed by atoms with van der Waals surface area (Å²) in [5.41, 5.74) is 5.45. The van der Waals surface area contributed by atoms with Crippen LogP contribution in [0.25, 0.3) is 22.6 Å². The molecule has 196 valence electrons. The third-order valence-corrected chi connectivity index (χ3v) is 5.98. The molecule has 3 N–H and O–H groups in total. The number of hydrogen-bond donors (Lipinski definition) is 3. The lowest BCUT2D eigenvalue weighted by molar-refractivity contribution is 0.0946. The Morgan fingerprint density at radius 3 is 2.54 bits per heavy atom. The molecule has 5 aromatic rings. The van der Waals surface area contributed by atoms with Crippen molar-refractivity contribution in [2.45, 2.75) is 33.7 Å². The lowest BCUT2D eigenvalue weighted by Gasteiger charge is -2.09. The van der Waals surface area contributed by atoms with Gasteiger partial charge in [-0.1, -0.05) is 13.0 Å². The number of anilines is 2. The van der Waals surface area contributed by atoms with E-state index in [1.54, 1.807) is 37.5 Å². The standard InChI is InChI=1S/C28H26FN9O/c1-4-21-11-26(38-37-21)35-25-9-16(2)34-27(36-25)19-6-8-24(32-14-19)28(39)33-13-18-5-7-23(31-12-18)22-10-20(29)15-30-17(22)3/h5-12,14-15H,4,13H2,1-3H3,(H,33,39)(H2,34,35,36,37,38). The van der Waals surface area contributed by atoms with E-state index in [1.807, 2.05) is 32.0 Å². The van der Waals surface area contributed by atoms with Crippen molar-refractivity contribution in [2.24, 2.45) is 0 Å². The number of aryl methyl sites for hydroxylation is 3. The summed E-state index contributed by atoms with van der Waals surface area (Å²) in [5, 5.41) is 13.2. The highest BCUT2D eigenvalue weighted by atomic mass is 19.1. The third-order valence-electron chi connectivity index (χ3n) is 5.98. The number of halogens is 1. The Morgan fingerprint density at radius 2 is 1.82 bits per heavy atom. The fraction of sp³-hybridized carbons (Fsp3) is 0.179. The van der Waals surface area contributed by atoms with E-state index in [0.29, 0.717) is 40.0 Å². The quantitative estimate of drug-likeness (QED) is 0.266. The van der Waals surface area contributed by atoms with Crippen LogP contribution in [0.15, 0.2) is 61.1 Å². The van der Waals surface area contributed by atoms with Gasteiger partial charge < -0.3 is 10.6 Å². The van der Waals surface area contributed by atoms with E-state index in [9.17, 15) is 9.18 Å². The van der Waals surface area contributed by atoms with Crippen molar-refractivity contribution >= 4 is 17.5 Å². The molecule has 0 spiro atoms. The fourth-order valence-corrected chi connectivity index (χ4v) is 3.89. The van der Waals surface area contributed by atoms with E-state index in [1.165, 1.54) is 12.3 Å². The number of H-pyrrole nitrogens is 1. The SMILES string of the molecule is CCc1cc(Nc2cc(C)nc(-c3ccc(C(=O)NCc4ccc(-c5cc(F)cnc5C)nc4)nc3)n2)n[nH]1. The number of carbonyl (C=O) groups excluding carboxylic acids is 1. The predicted octanol–water partition coefficient (Wildman–Crippen LogP) is 4.71. The first-order valence-electron chi connectivity index (χ1n) is 12.4. The Morgan fingerprint density at radius 1 is 0.949 bits per heavy atom. The van der Waals surface area contributed by atoms with Crippen molar-refractivity contribution < 1.29 is 9.18 Å². The van der Waals surface area contributed by atoms with Crippen molar-refractivity contribution in [1.82, 2.24) is 40.4 Å². The molecule has 11 heteroatoms. The average molecular weight is 524 g/mol. The summed E-state index contributed by atoms with van der Waals surface area (Å²) in [5.74, 6) is 1.02. The van der Waals surface area contributed by atoms with E-state index in [0.717, 1.165) is 23.4 Å². The number of pyridine rings is 3. The normalized spacial score (nSPS) is 10.9. The molecule has 0 fully saturated rings. The second-order valence-electron chi connectivity index (χ2n) is 8.93. The number of hydrogen-bond acceptors (Lipinski definition) is 8. The average Bonchev–Trinajstić information content (AvgIpc) is 3.40. The Hall–Kier alpha value is -5.06. The van der Waals surface area contributed by atoms with E-state index in [2.05, 4.69) is 45.8 Å². The number of carbonyl (C=O) groups is 1. The van der Waals surface area contributed by atoms with Crippen LogP contribution in [0.5, 0.6) is 0 Å². The van der Waals surface area contributed by atoms with E-state index < -0.39 is 5.82 Å². The highest BCUT2D eigenvalue weighted by Gasteiger charge is 2.12. The van der Waals surface area contributed by atoms with Crippen LogP contribution in [0.4, 0.5) is 16.0 Å². The summed E-state index contributed by atoms with van der Waals surface area (Å²) in [4.78, 5) is 34.5. The van der Waals surface area contributed by atoms with Crippen molar-refractivity contribution in [3.8, 4) is 22.6 Å². The minimum absolute atomic E-state index is 0.263. The molecule has 39 heavy (non-hydrogen) atoms. The van der Waals surface area contributed by atoms with Crippen molar-refractivity contribution in [3.05, 3.63) is 95.2 Å². The molecule has 5 aromatic heterocycles. The van der Waals surface area contributed by atoms with Gasteiger partial charge in [0.2, 0.25) is 0 Å². The lowest BCUT2D eigenvalue weighted by Crippen LogP contribution is -2.23. The Bertz CT molecular complexity index is 1620. The maximum absolute atomic E-state index is 13.6. The van der Waals surface area contributed by atoms with Gasteiger partial charge in [0.05, 0.1) is 11.9 Å². The molecule has 0 aromatic carbocycles. The molecule has 0 aliphatic heterocycles. The number of aromatic nitrogens is 7. The summed E-state index contributed by atoms with van der Waals surface area (Å²) < 4.78 is 13.6. The van der Waals surface area contributed by atoms with Gasteiger partial charge in [-0.3, -0.25) is 24.8 Å². The number of nitrogens with one attached hydrogen (secondary N) is 3. The van der Waals surface area contributed by atoms with Crippen LogP contribution in [-0.4, -0.2) is 41.0 Å². The molecule has 1 amide bonds. The summed E-state index contributed by atoms with van der Waals surface area (Å²) in [6.07, 6.45) is 5.24. The molecule has 0 atom stereocenters. The topological polar surface area (TPSA) is 134 Å². The van der Waals surface area contributed by atoms with Crippen LogP contribution in [0.3, 0.4) is 0 Å². The summed E-state index contributed by atoms with van der Waals surface area (Å²) in [6.45, 7) is 5.99. The highest BCUT2D eigenvalue weighted by Crippen LogP contribution is 2.22. The molecule has 0 aliphatic rings. The van der Waals surface area contributed by atoms with Crippen LogP contribution in [-0.2, 0) is 13.0 Å². The van der Waals surface area contributed by atoms with Gasteiger partial charge in [-0.2, -0.15) is 5.10 Å². The predicted molar refractivity (Wildman–Crippen MR) is 145 cm³/mol. The minimum atomic E-state index is -0.419. The Labute approximate surface area is 224 Å². The van der Waals surface area contributed by atoms with Crippen molar-refractivity contribution in [2.75, 3.05) is 5.32 Å². The van der Waals surface area contributed by atoms with Crippen LogP contribution < -0.4 is 10.6 Å². The van der Waals surface area contributed by atoms with Gasteiger partial charge in [-0.15, -0.1) is 0 Å². The van der Waals surface area contributed by atoms with E-state index >= 15 is 0 Å². The maximum Gasteiger partial charge on any atom is 0.270 e. The second-order valence-corrected chi connectivity index (χ2v) is 8.93. The molecule has 5 heterocycles. The molecule has 0 radical (unpaired) electrons. The zero-order valence-electron chi connectivity index (χ0n) is 21.7. The van der Waals surface area contributed by atoms with Gasteiger partial charge in [-0.25, -0.2) is 14.4 Å². The smallest absolute Gasteiger partial charge is 0.270 e. The van der Waals surface area contributed by atoms with Crippen LogP contribution in [0.2, 0.25) is 0 Å². The second kappa shape index (κ2) is 11.1. The number of nitrogens with zero attached hydrogens (tertiary/aromatic N) is 6. The first-order chi connectivity index (χ1) is 18.9. The summed E-state index contributed by atoms with van der Waals surface area (Å²) >= 11 is 0. The lowest BCUT2D eigenvalue weighted by atomic mass is 10.1. The first-order valence-corrected chi connectivity index (χ1v) is 12.4. The van der Waals surface area contributed by atoms with E-state index in [4.69, 9.17) is 0 Å². The van der Waals surface area contributed by atoms with Gasteiger partial charge in [0.25, 0.3) is 5.91 Å². The molecule has 0 bridgehead atoms. The molecule has 10 nitrogen and oxygen atoms in total.